The second kappa shape index (κ2) is 7.12. The standard InChI is InChI=1S/C14H19FN2O4/c1-14(2,6-3-7-18)9-16-13(19)11-5-4-10(15)8-12(11)17(20)21/h4-5,8,18H,3,6-7,9H2,1-2H3,(H,16,19). The molecule has 1 aromatic rings. The molecule has 116 valence electrons. The summed E-state index contributed by atoms with van der Waals surface area (Å²) in [6.45, 7) is 4.21. The molecule has 0 atom stereocenters. The van der Waals surface area contributed by atoms with Crippen LogP contribution >= 0.6 is 0 Å². The van der Waals surface area contributed by atoms with E-state index in [-0.39, 0.29) is 17.6 Å². The summed E-state index contributed by atoms with van der Waals surface area (Å²) in [4.78, 5) is 22.1. The van der Waals surface area contributed by atoms with Crippen molar-refractivity contribution in [1.82, 2.24) is 5.32 Å². The van der Waals surface area contributed by atoms with Crippen LogP contribution in [-0.4, -0.2) is 29.1 Å². The number of benzene rings is 1. The number of nitrogens with zero attached hydrogens (tertiary/aromatic N) is 1. The molecule has 6 nitrogen and oxygen atoms in total. The molecule has 0 fully saturated rings. The van der Waals surface area contributed by atoms with Gasteiger partial charge in [0.15, 0.2) is 0 Å². The third kappa shape index (κ3) is 5.11. The summed E-state index contributed by atoms with van der Waals surface area (Å²) in [6, 6.07) is 2.84. The lowest BCUT2D eigenvalue weighted by molar-refractivity contribution is -0.385. The first kappa shape index (κ1) is 17.0. The summed E-state index contributed by atoms with van der Waals surface area (Å²) in [5.41, 5.74) is -0.965. The predicted octanol–water partition coefficient (Wildman–Crippen LogP) is 2.26. The van der Waals surface area contributed by atoms with Gasteiger partial charge in [-0.25, -0.2) is 4.39 Å². The number of carbonyl (C=O) groups excluding carboxylic acids is 1. The maximum Gasteiger partial charge on any atom is 0.285 e. The van der Waals surface area contributed by atoms with Gasteiger partial charge in [-0.2, -0.15) is 0 Å². The Labute approximate surface area is 122 Å². The number of nitro benzene ring substituents is 1. The number of hydrogen-bond donors (Lipinski definition) is 2. The quantitative estimate of drug-likeness (QED) is 0.596. The average molecular weight is 298 g/mol. The topological polar surface area (TPSA) is 92.5 Å². The van der Waals surface area contributed by atoms with E-state index in [9.17, 15) is 19.3 Å². The second-order valence-electron chi connectivity index (χ2n) is 5.59. The molecule has 0 aliphatic rings. The molecular formula is C14H19FN2O4. The molecule has 0 bridgehead atoms. The number of nitrogens with one attached hydrogen (secondary N) is 1. The largest absolute Gasteiger partial charge is 0.396 e. The number of nitro groups is 1. The summed E-state index contributed by atoms with van der Waals surface area (Å²) < 4.78 is 13.0. The number of halogens is 1. The van der Waals surface area contributed by atoms with Crippen LogP contribution in [0.5, 0.6) is 0 Å². The highest BCUT2D eigenvalue weighted by Gasteiger charge is 2.23. The fraction of sp³-hybridized carbons (Fsp3) is 0.500. The van der Waals surface area contributed by atoms with E-state index in [1.165, 1.54) is 0 Å². The van der Waals surface area contributed by atoms with Crippen LogP contribution in [-0.2, 0) is 0 Å². The van der Waals surface area contributed by atoms with Gasteiger partial charge in [-0.3, -0.25) is 14.9 Å². The molecule has 0 saturated heterocycles. The third-order valence-corrected chi connectivity index (χ3v) is 3.14. The lowest BCUT2D eigenvalue weighted by Crippen LogP contribution is -2.34. The fourth-order valence-corrected chi connectivity index (χ4v) is 1.91. The molecule has 1 amide bonds. The number of aliphatic hydroxyl groups is 1. The molecule has 0 aliphatic heterocycles. The molecule has 0 heterocycles. The smallest absolute Gasteiger partial charge is 0.285 e. The number of carbonyl (C=O) groups is 1. The highest BCUT2D eigenvalue weighted by Crippen LogP contribution is 2.23. The van der Waals surface area contributed by atoms with Crippen LogP contribution < -0.4 is 5.32 Å². The maximum absolute atomic E-state index is 13.0. The van der Waals surface area contributed by atoms with Gasteiger partial charge in [0.1, 0.15) is 11.4 Å². The minimum Gasteiger partial charge on any atom is -0.396 e. The van der Waals surface area contributed by atoms with E-state index in [0.717, 1.165) is 18.2 Å². The van der Waals surface area contributed by atoms with Crippen molar-refractivity contribution in [3.8, 4) is 0 Å². The van der Waals surface area contributed by atoms with Crippen molar-refractivity contribution in [2.24, 2.45) is 5.41 Å². The minimum absolute atomic E-state index is 0.0702. The molecule has 0 unspecified atom stereocenters. The van der Waals surface area contributed by atoms with E-state index in [1.54, 1.807) is 0 Å². The Bertz CT molecular complexity index is 532. The Morgan fingerprint density at radius 3 is 2.71 bits per heavy atom. The summed E-state index contributed by atoms with van der Waals surface area (Å²) in [5, 5.41) is 22.3. The van der Waals surface area contributed by atoms with Crippen LogP contribution in [0, 0.1) is 21.3 Å². The molecule has 0 saturated carbocycles. The third-order valence-electron chi connectivity index (χ3n) is 3.14. The fourth-order valence-electron chi connectivity index (χ4n) is 1.91. The van der Waals surface area contributed by atoms with Crippen molar-refractivity contribution < 1.29 is 19.2 Å². The van der Waals surface area contributed by atoms with E-state index in [1.807, 2.05) is 13.8 Å². The molecular weight excluding hydrogens is 279 g/mol. The average Bonchev–Trinajstić information content (AvgIpc) is 2.42. The van der Waals surface area contributed by atoms with Crippen molar-refractivity contribution in [3.63, 3.8) is 0 Å². The van der Waals surface area contributed by atoms with Crippen molar-refractivity contribution >= 4 is 11.6 Å². The Kier molecular flexibility index (Phi) is 5.78. The van der Waals surface area contributed by atoms with E-state index < -0.39 is 22.3 Å². The molecule has 0 aromatic heterocycles. The van der Waals surface area contributed by atoms with Crippen LogP contribution in [0.4, 0.5) is 10.1 Å². The molecule has 2 N–H and O–H groups in total. The van der Waals surface area contributed by atoms with Gasteiger partial charge in [-0.15, -0.1) is 0 Å². The van der Waals surface area contributed by atoms with Crippen molar-refractivity contribution in [2.75, 3.05) is 13.2 Å². The Morgan fingerprint density at radius 2 is 2.14 bits per heavy atom. The Hall–Kier alpha value is -2.02. The van der Waals surface area contributed by atoms with Gasteiger partial charge in [0.2, 0.25) is 0 Å². The number of rotatable bonds is 7. The van der Waals surface area contributed by atoms with E-state index in [0.29, 0.717) is 19.4 Å². The van der Waals surface area contributed by atoms with Gasteiger partial charge in [0.25, 0.3) is 11.6 Å². The first-order valence-corrected chi connectivity index (χ1v) is 6.60. The minimum atomic E-state index is -0.783. The van der Waals surface area contributed by atoms with Crippen LogP contribution in [0.25, 0.3) is 0 Å². The van der Waals surface area contributed by atoms with Crippen LogP contribution in [0.3, 0.4) is 0 Å². The van der Waals surface area contributed by atoms with Gasteiger partial charge >= 0.3 is 0 Å². The SMILES string of the molecule is CC(C)(CCCO)CNC(=O)c1ccc(F)cc1[N+](=O)[O-]. The summed E-state index contributed by atoms with van der Waals surface area (Å²) >= 11 is 0. The first-order valence-electron chi connectivity index (χ1n) is 6.60. The summed E-state index contributed by atoms with van der Waals surface area (Å²) in [6.07, 6.45) is 1.31. The molecule has 0 spiro atoms. The van der Waals surface area contributed by atoms with Gasteiger partial charge in [0, 0.05) is 13.2 Å². The van der Waals surface area contributed by atoms with Gasteiger partial charge < -0.3 is 10.4 Å². The lowest BCUT2D eigenvalue weighted by atomic mass is 9.88. The second-order valence-corrected chi connectivity index (χ2v) is 5.59. The van der Waals surface area contributed by atoms with E-state index in [4.69, 9.17) is 5.11 Å². The Balaban J connectivity index is 2.79. The number of aliphatic hydroxyl groups excluding tert-OH is 1. The van der Waals surface area contributed by atoms with Gasteiger partial charge in [-0.05, 0) is 30.4 Å². The van der Waals surface area contributed by atoms with Crippen LogP contribution in [0.2, 0.25) is 0 Å². The molecule has 7 heteroatoms. The van der Waals surface area contributed by atoms with E-state index in [2.05, 4.69) is 5.32 Å². The van der Waals surface area contributed by atoms with Crippen LogP contribution in [0.15, 0.2) is 18.2 Å². The highest BCUT2D eigenvalue weighted by atomic mass is 19.1. The monoisotopic (exact) mass is 298 g/mol. The molecule has 21 heavy (non-hydrogen) atoms. The van der Waals surface area contributed by atoms with Crippen LogP contribution in [0.1, 0.15) is 37.0 Å². The maximum atomic E-state index is 13.0. The molecule has 1 aromatic carbocycles. The highest BCUT2D eigenvalue weighted by molar-refractivity contribution is 5.98. The summed E-state index contributed by atoms with van der Waals surface area (Å²) in [5.74, 6) is -1.37. The number of amides is 1. The normalized spacial score (nSPS) is 11.2. The number of hydrogen-bond acceptors (Lipinski definition) is 4. The predicted molar refractivity (Wildman–Crippen MR) is 75.5 cm³/mol. The zero-order valence-corrected chi connectivity index (χ0v) is 12.1. The zero-order chi connectivity index (χ0) is 16.0. The first-order chi connectivity index (χ1) is 9.76. The van der Waals surface area contributed by atoms with Gasteiger partial charge in [0.05, 0.1) is 11.0 Å². The van der Waals surface area contributed by atoms with Crippen molar-refractivity contribution in [2.45, 2.75) is 26.7 Å². The van der Waals surface area contributed by atoms with E-state index >= 15 is 0 Å². The molecule has 0 radical (unpaired) electrons. The zero-order valence-electron chi connectivity index (χ0n) is 12.1. The van der Waals surface area contributed by atoms with Crippen molar-refractivity contribution in [1.29, 1.82) is 0 Å². The Morgan fingerprint density at radius 1 is 1.48 bits per heavy atom. The molecule has 1 rings (SSSR count). The lowest BCUT2D eigenvalue weighted by Gasteiger charge is -2.24. The van der Waals surface area contributed by atoms with Crippen molar-refractivity contribution in [3.05, 3.63) is 39.7 Å². The molecule has 0 aliphatic carbocycles. The van der Waals surface area contributed by atoms with Gasteiger partial charge in [-0.1, -0.05) is 13.8 Å². The summed E-state index contributed by atoms with van der Waals surface area (Å²) in [7, 11) is 0.